The lowest BCUT2D eigenvalue weighted by Crippen LogP contribution is -2.50. The first-order chi connectivity index (χ1) is 7.78. The van der Waals surface area contributed by atoms with Crippen molar-refractivity contribution in [3.05, 3.63) is 21.3 Å². The van der Waals surface area contributed by atoms with Crippen molar-refractivity contribution in [3.8, 4) is 0 Å². The first-order valence-electron chi connectivity index (χ1n) is 6.31. The zero-order chi connectivity index (χ0) is 12.7. The predicted octanol–water partition coefficient (Wildman–Crippen LogP) is 4.49. The smallest absolute Gasteiger partial charge is 0.0931 e. The van der Waals surface area contributed by atoms with Crippen LogP contribution in [0, 0.1) is 11.3 Å². The Morgan fingerprint density at radius 3 is 2.65 bits per heavy atom. The quantitative estimate of drug-likeness (QED) is 0.843. The molecule has 0 saturated heterocycles. The summed E-state index contributed by atoms with van der Waals surface area (Å²) in [5.74, 6) is 0.721. The Hall–Kier alpha value is -0.0500. The highest BCUT2D eigenvalue weighted by molar-refractivity contribution is 7.16. The van der Waals surface area contributed by atoms with Crippen molar-refractivity contribution in [2.75, 3.05) is 0 Å². The zero-order valence-corrected chi connectivity index (χ0v) is 12.5. The van der Waals surface area contributed by atoms with Crippen LogP contribution < -0.4 is 5.73 Å². The van der Waals surface area contributed by atoms with Gasteiger partial charge in [-0.1, -0.05) is 32.4 Å². The van der Waals surface area contributed by atoms with E-state index in [1.165, 1.54) is 11.3 Å². The van der Waals surface area contributed by atoms with Crippen LogP contribution in [-0.2, 0) is 6.42 Å². The second-order valence-corrected chi connectivity index (χ2v) is 8.40. The van der Waals surface area contributed by atoms with Crippen molar-refractivity contribution in [2.24, 2.45) is 17.1 Å². The molecule has 3 heteroatoms. The van der Waals surface area contributed by atoms with E-state index in [9.17, 15) is 0 Å². The van der Waals surface area contributed by atoms with Gasteiger partial charge in [0, 0.05) is 10.4 Å². The lowest BCUT2D eigenvalue weighted by Gasteiger charge is -2.45. The molecule has 0 bridgehead atoms. The summed E-state index contributed by atoms with van der Waals surface area (Å²) in [5.41, 5.74) is 6.95. The van der Waals surface area contributed by atoms with Crippen LogP contribution in [0.15, 0.2) is 12.1 Å². The summed E-state index contributed by atoms with van der Waals surface area (Å²) in [7, 11) is 0. The summed E-state index contributed by atoms with van der Waals surface area (Å²) in [6.45, 7) is 7.00. The lowest BCUT2D eigenvalue weighted by molar-refractivity contribution is 0.108. The molecule has 0 aromatic carbocycles. The fourth-order valence-corrected chi connectivity index (χ4v) is 4.98. The number of halogens is 1. The van der Waals surface area contributed by atoms with Crippen LogP contribution in [0.1, 0.15) is 44.9 Å². The average molecular weight is 272 g/mol. The Bertz CT molecular complexity index is 399. The molecule has 96 valence electrons. The second kappa shape index (κ2) is 4.56. The van der Waals surface area contributed by atoms with Gasteiger partial charge in [0.2, 0.25) is 0 Å². The molecule has 1 saturated carbocycles. The van der Waals surface area contributed by atoms with Crippen molar-refractivity contribution in [2.45, 2.75) is 52.0 Å². The Morgan fingerprint density at radius 1 is 1.41 bits per heavy atom. The molecule has 17 heavy (non-hydrogen) atoms. The molecule has 0 spiro atoms. The van der Waals surface area contributed by atoms with Gasteiger partial charge in [-0.25, -0.2) is 0 Å². The molecule has 1 heterocycles. The van der Waals surface area contributed by atoms with Crippen molar-refractivity contribution in [1.82, 2.24) is 0 Å². The molecule has 2 unspecified atom stereocenters. The van der Waals surface area contributed by atoms with Gasteiger partial charge in [0.1, 0.15) is 0 Å². The number of nitrogens with two attached hydrogens (primary N) is 1. The van der Waals surface area contributed by atoms with Crippen LogP contribution in [0.2, 0.25) is 4.34 Å². The SMILES string of the molecule is CC1CC(C)(C)CC(N)(Cc2ccc(Cl)s2)C1. The third kappa shape index (κ3) is 3.46. The van der Waals surface area contributed by atoms with Crippen LogP contribution in [0.4, 0.5) is 0 Å². The van der Waals surface area contributed by atoms with Crippen molar-refractivity contribution in [3.63, 3.8) is 0 Å². The van der Waals surface area contributed by atoms with Gasteiger partial charge >= 0.3 is 0 Å². The van der Waals surface area contributed by atoms with E-state index >= 15 is 0 Å². The van der Waals surface area contributed by atoms with Gasteiger partial charge in [-0.2, -0.15) is 0 Å². The maximum Gasteiger partial charge on any atom is 0.0931 e. The Balaban J connectivity index is 2.12. The van der Waals surface area contributed by atoms with Crippen LogP contribution >= 0.6 is 22.9 Å². The molecule has 0 radical (unpaired) electrons. The first kappa shape index (κ1) is 13.4. The van der Waals surface area contributed by atoms with E-state index in [0.717, 1.165) is 29.5 Å². The molecule has 0 aliphatic heterocycles. The molecule has 1 aromatic heterocycles. The summed E-state index contributed by atoms with van der Waals surface area (Å²) in [4.78, 5) is 1.32. The molecule has 2 rings (SSSR count). The van der Waals surface area contributed by atoms with E-state index in [2.05, 4.69) is 26.8 Å². The van der Waals surface area contributed by atoms with Gasteiger partial charge in [-0.3, -0.25) is 0 Å². The van der Waals surface area contributed by atoms with E-state index < -0.39 is 0 Å². The molecular formula is C14H22ClNS. The van der Waals surface area contributed by atoms with E-state index in [0.29, 0.717) is 5.41 Å². The van der Waals surface area contributed by atoms with E-state index in [1.54, 1.807) is 11.3 Å². The van der Waals surface area contributed by atoms with Crippen LogP contribution in [0.25, 0.3) is 0 Å². The molecular weight excluding hydrogens is 250 g/mol. The lowest BCUT2D eigenvalue weighted by atomic mass is 9.63. The molecule has 1 aliphatic rings. The molecule has 1 nitrogen and oxygen atoms in total. The van der Waals surface area contributed by atoms with Crippen molar-refractivity contribution in [1.29, 1.82) is 0 Å². The fourth-order valence-electron chi connectivity index (χ4n) is 3.74. The van der Waals surface area contributed by atoms with Gasteiger partial charge in [-0.05, 0) is 49.1 Å². The highest BCUT2D eigenvalue weighted by atomic mass is 35.5. The van der Waals surface area contributed by atoms with Gasteiger partial charge < -0.3 is 5.73 Å². The van der Waals surface area contributed by atoms with Crippen molar-refractivity contribution >= 4 is 22.9 Å². The minimum absolute atomic E-state index is 0.0463. The molecule has 2 atom stereocenters. The first-order valence-corrected chi connectivity index (χ1v) is 7.51. The van der Waals surface area contributed by atoms with Gasteiger partial charge in [0.05, 0.1) is 4.34 Å². The second-order valence-electron chi connectivity index (χ2n) is 6.60. The summed E-state index contributed by atoms with van der Waals surface area (Å²) in [6, 6.07) is 4.09. The number of thiophene rings is 1. The Labute approximate surface area is 113 Å². The molecule has 1 aliphatic carbocycles. The molecule has 0 amide bonds. The monoisotopic (exact) mass is 271 g/mol. The van der Waals surface area contributed by atoms with Crippen molar-refractivity contribution < 1.29 is 0 Å². The summed E-state index contributed by atoms with van der Waals surface area (Å²) in [6.07, 6.45) is 4.50. The predicted molar refractivity (Wildman–Crippen MR) is 76.7 cm³/mol. The Kier molecular flexibility index (Phi) is 3.59. The number of hydrogen-bond acceptors (Lipinski definition) is 2. The highest BCUT2D eigenvalue weighted by Crippen LogP contribution is 2.44. The minimum atomic E-state index is -0.0463. The molecule has 2 N–H and O–H groups in total. The zero-order valence-electron chi connectivity index (χ0n) is 10.9. The third-order valence-electron chi connectivity index (χ3n) is 3.64. The minimum Gasteiger partial charge on any atom is -0.325 e. The van der Waals surface area contributed by atoms with Crippen LogP contribution in [0.3, 0.4) is 0 Å². The van der Waals surface area contributed by atoms with E-state index in [4.69, 9.17) is 17.3 Å². The largest absolute Gasteiger partial charge is 0.325 e. The van der Waals surface area contributed by atoms with Gasteiger partial charge in [0.15, 0.2) is 0 Å². The number of hydrogen-bond donors (Lipinski definition) is 1. The highest BCUT2D eigenvalue weighted by Gasteiger charge is 2.40. The summed E-state index contributed by atoms with van der Waals surface area (Å²) in [5, 5.41) is 0. The van der Waals surface area contributed by atoms with Crippen LogP contribution in [-0.4, -0.2) is 5.54 Å². The maximum absolute atomic E-state index is 6.63. The fraction of sp³-hybridized carbons (Fsp3) is 0.714. The molecule has 1 fully saturated rings. The third-order valence-corrected chi connectivity index (χ3v) is 4.87. The average Bonchev–Trinajstić information content (AvgIpc) is 2.44. The standard InChI is InChI=1S/C14H22ClNS/c1-10-6-13(2,3)9-14(16,7-10)8-11-4-5-12(15)17-11/h4-5,10H,6-9,16H2,1-3H3. The summed E-state index contributed by atoms with van der Waals surface area (Å²) < 4.78 is 0.867. The van der Waals surface area contributed by atoms with Crippen LogP contribution in [0.5, 0.6) is 0 Å². The Morgan fingerprint density at radius 2 is 2.12 bits per heavy atom. The number of rotatable bonds is 2. The maximum atomic E-state index is 6.63. The normalized spacial score (nSPS) is 32.6. The van der Waals surface area contributed by atoms with E-state index in [1.807, 2.05) is 6.07 Å². The van der Waals surface area contributed by atoms with Gasteiger partial charge in [0.25, 0.3) is 0 Å². The topological polar surface area (TPSA) is 26.0 Å². The molecule has 1 aromatic rings. The summed E-state index contributed by atoms with van der Waals surface area (Å²) >= 11 is 7.65. The van der Waals surface area contributed by atoms with Gasteiger partial charge in [-0.15, -0.1) is 11.3 Å². The van der Waals surface area contributed by atoms with E-state index in [-0.39, 0.29) is 5.54 Å².